The second-order valence-corrected chi connectivity index (χ2v) is 4.82. The van der Waals surface area contributed by atoms with Gasteiger partial charge < -0.3 is 20.5 Å². The highest BCUT2D eigenvalue weighted by atomic mass is 16.5. The Morgan fingerprint density at radius 2 is 2.22 bits per heavy atom. The Morgan fingerprint density at radius 3 is 2.83 bits per heavy atom. The molecule has 0 saturated carbocycles. The minimum Gasteiger partial charge on any atom is -0.479 e. The van der Waals surface area contributed by atoms with Crippen LogP contribution < -0.4 is 15.4 Å². The van der Waals surface area contributed by atoms with Crippen molar-refractivity contribution in [3.8, 4) is 5.75 Å². The van der Waals surface area contributed by atoms with Gasteiger partial charge in [0.05, 0.1) is 11.3 Å². The van der Waals surface area contributed by atoms with Gasteiger partial charge in [0.15, 0.2) is 6.10 Å². The molecule has 2 rings (SSSR count). The average molecular weight is 250 g/mol. The lowest BCUT2D eigenvalue weighted by molar-refractivity contribution is -0.125. The van der Waals surface area contributed by atoms with Gasteiger partial charge in [-0.1, -0.05) is 6.07 Å². The van der Waals surface area contributed by atoms with E-state index in [1.54, 1.807) is 44.0 Å². The second kappa shape index (κ2) is 4.26. The fraction of sp³-hybridized carbons (Fsp3) is 0.462. The van der Waals surface area contributed by atoms with E-state index in [1.807, 2.05) is 0 Å². The lowest BCUT2D eigenvalue weighted by Crippen LogP contribution is -2.42. The fourth-order valence-corrected chi connectivity index (χ4v) is 1.96. The lowest BCUT2D eigenvalue weighted by atomic mass is 9.95. The number of aliphatic hydroxyl groups is 1. The van der Waals surface area contributed by atoms with Crippen molar-refractivity contribution in [3.63, 3.8) is 0 Å². The standard InChI is InChI=1S/C13H18N2O3/c1-8-12(16)15(3)10-6-9(13(2,17)7-14)4-5-11(10)18-8/h4-6,8,17H,7,14H2,1-3H3. The third kappa shape index (κ3) is 1.95. The van der Waals surface area contributed by atoms with Crippen LogP contribution in [0.4, 0.5) is 5.69 Å². The number of hydrogen-bond acceptors (Lipinski definition) is 4. The smallest absolute Gasteiger partial charge is 0.267 e. The number of anilines is 1. The molecule has 1 aromatic carbocycles. The predicted molar refractivity (Wildman–Crippen MR) is 68.6 cm³/mol. The molecule has 0 bridgehead atoms. The van der Waals surface area contributed by atoms with Crippen LogP contribution in [-0.4, -0.2) is 30.7 Å². The molecule has 1 aliphatic rings. The number of carbonyl (C=O) groups is 1. The number of nitrogens with zero attached hydrogens (tertiary/aromatic N) is 1. The summed E-state index contributed by atoms with van der Waals surface area (Å²) in [5.41, 5.74) is 5.75. The zero-order valence-electron chi connectivity index (χ0n) is 10.8. The Kier molecular flexibility index (Phi) is 3.04. The molecule has 1 heterocycles. The van der Waals surface area contributed by atoms with E-state index < -0.39 is 11.7 Å². The van der Waals surface area contributed by atoms with Crippen molar-refractivity contribution in [3.05, 3.63) is 23.8 Å². The summed E-state index contributed by atoms with van der Waals surface area (Å²) >= 11 is 0. The molecular weight excluding hydrogens is 232 g/mol. The molecule has 98 valence electrons. The van der Waals surface area contributed by atoms with Crippen LogP contribution >= 0.6 is 0 Å². The van der Waals surface area contributed by atoms with E-state index in [1.165, 1.54) is 0 Å². The predicted octanol–water partition coefficient (Wildman–Crippen LogP) is 0.596. The van der Waals surface area contributed by atoms with Crippen LogP contribution in [0.3, 0.4) is 0 Å². The maximum atomic E-state index is 11.8. The van der Waals surface area contributed by atoms with Crippen molar-refractivity contribution in [1.82, 2.24) is 0 Å². The van der Waals surface area contributed by atoms with Gasteiger partial charge in [0, 0.05) is 13.6 Å². The Balaban J connectivity index is 2.47. The molecule has 2 unspecified atom stereocenters. The highest BCUT2D eigenvalue weighted by Gasteiger charge is 2.31. The first-order valence-corrected chi connectivity index (χ1v) is 5.88. The first kappa shape index (κ1) is 12.9. The van der Waals surface area contributed by atoms with Gasteiger partial charge in [-0.25, -0.2) is 0 Å². The van der Waals surface area contributed by atoms with Crippen LogP contribution in [0.15, 0.2) is 18.2 Å². The van der Waals surface area contributed by atoms with Crippen molar-refractivity contribution in [2.45, 2.75) is 25.6 Å². The number of carbonyl (C=O) groups excluding carboxylic acids is 1. The summed E-state index contributed by atoms with van der Waals surface area (Å²) in [6.45, 7) is 3.47. The van der Waals surface area contributed by atoms with Crippen molar-refractivity contribution in [2.24, 2.45) is 5.73 Å². The zero-order chi connectivity index (χ0) is 13.5. The van der Waals surface area contributed by atoms with E-state index in [0.717, 1.165) is 0 Å². The lowest BCUT2D eigenvalue weighted by Gasteiger charge is -2.32. The topological polar surface area (TPSA) is 75.8 Å². The van der Waals surface area contributed by atoms with Gasteiger partial charge in [-0.05, 0) is 31.5 Å². The number of benzene rings is 1. The summed E-state index contributed by atoms with van der Waals surface area (Å²) in [5.74, 6) is 0.535. The molecule has 0 radical (unpaired) electrons. The molecule has 0 fully saturated rings. The summed E-state index contributed by atoms with van der Waals surface area (Å²) < 4.78 is 5.51. The Bertz CT molecular complexity index is 485. The summed E-state index contributed by atoms with van der Waals surface area (Å²) in [4.78, 5) is 13.4. The van der Waals surface area contributed by atoms with Gasteiger partial charge in [0.2, 0.25) is 0 Å². The Morgan fingerprint density at radius 1 is 1.56 bits per heavy atom. The molecule has 0 spiro atoms. The number of hydrogen-bond donors (Lipinski definition) is 2. The first-order chi connectivity index (χ1) is 8.36. The normalized spacial score (nSPS) is 22.2. The third-order valence-corrected chi connectivity index (χ3v) is 3.32. The summed E-state index contributed by atoms with van der Waals surface area (Å²) in [6.07, 6.45) is -0.483. The van der Waals surface area contributed by atoms with E-state index in [2.05, 4.69) is 0 Å². The molecule has 5 nitrogen and oxygen atoms in total. The van der Waals surface area contributed by atoms with Crippen LogP contribution in [0.5, 0.6) is 5.75 Å². The van der Waals surface area contributed by atoms with Crippen LogP contribution in [0.1, 0.15) is 19.4 Å². The number of rotatable bonds is 2. The van der Waals surface area contributed by atoms with E-state index in [-0.39, 0.29) is 12.5 Å². The van der Waals surface area contributed by atoms with Gasteiger partial charge in [0.25, 0.3) is 5.91 Å². The van der Waals surface area contributed by atoms with Gasteiger partial charge in [-0.15, -0.1) is 0 Å². The zero-order valence-corrected chi connectivity index (χ0v) is 10.8. The van der Waals surface area contributed by atoms with Gasteiger partial charge in [-0.2, -0.15) is 0 Å². The van der Waals surface area contributed by atoms with E-state index in [4.69, 9.17) is 10.5 Å². The van der Waals surface area contributed by atoms with Crippen molar-refractivity contribution >= 4 is 11.6 Å². The second-order valence-electron chi connectivity index (χ2n) is 4.82. The molecular formula is C13H18N2O3. The SMILES string of the molecule is CC1Oc2ccc(C(C)(O)CN)cc2N(C)C1=O. The van der Waals surface area contributed by atoms with Gasteiger partial charge in [0.1, 0.15) is 5.75 Å². The Hall–Kier alpha value is -1.59. The Labute approximate surface area is 106 Å². The first-order valence-electron chi connectivity index (χ1n) is 5.88. The highest BCUT2D eigenvalue weighted by Crippen LogP contribution is 2.36. The van der Waals surface area contributed by atoms with E-state index in [0.29, 0.717) is 17.0 Å². The van der Waals surface area contributed by atoms with Crippen molar-refractivity contribution < 1.29 is 14.6 Å². The molecule has 3 N–H and O–H groups in total. The van der Waals surface area contributed by atoms with E-state index >= 15 is 0 Å². The van der Waals surface area contributed by atoms with E-state index in [9.17, 15) is 9.90 Å². The minimum absolute atomic E-state index is 0.105. The molecule has 0 aromatic heterocycles. The van der Waals surface area contributed by atoms with Gasteiger partial charge >= 0.3 is 0 Å². The summed E-state index contributed by atoms with van der Waals surface area (Å²) in [5, 5.41) is 10.1. The van der Waals surface area contributed by atoms with Crippen molar-refractivity contribution in [1.29, 1.82) is 0 Å². The highest BCUT2D eigenvalue weighted by molar-refractivity contribution is 5.99. The molecule has 1 aliphatic heterocycles. The third-order valence-electron chi connectivity index (χ3n) is 3.32. The van der Waals surface area contributed by atoms with Crippen LogP contribution in [-0.2, 0) is 10.4 Å². The molecule has 1 aromatic rings. The minimum atomic E-state index is -1.11. The molecule has 2 atom stereocenters. The van der Waals surface area contributed by atoms with Crippen LogP contribution in [0, 0.1) is 0 Å². The maximum absolute atomic E-state index is 11.8. The van der Waals surface area contributed by atoms with Crippen LogP contribution in [0.2, 0.25) is 0 Å². The molecule has 5 heteroatoms. The molecule has 18 heavy (non-hydrogen) atoms. The quantitative estimate of drug-likeness (QED) is 0.805. The van der Waals surface area contributed by atoms with Crippen LogP contribution in [0.25, 0.3) is 0 Å². The number of ether oxygens (including phenoxy) is 1. The number of nitrogens with two attached hydrogens (primary N) is 1. The fourth-order valence-electron chi connectivity index (χ4n) is 1.96. The summed E-state index contributed by atoms with van der Waals surface area (Å²) in [7, 11) is 1.70. The molecule has 0 aliphatic carbocycles. The number of amides is 1. The molecule has 1 amide bonds. The van der Waals surface area contributed by atoms with Crippen molar-refractivity contribution in [2.75, 3.05) is 18.5 Å². The molecule has 0 saturated heterocycles. The average Bonchev–Trinajstić information content (AvgIpc) is 2.35. The maximum Gasteiger partial charge on any atom is 0.267 e. The number of likely N-dealkylation sites (N-methyl/N-ethyl adjacent to an activating group) is 1. The number of fused-ring (bicyclic) bond motifs is 1. The monoisotopic (exact) mass is 250 g/mol. The van der Waals surface area contributed by atoms with Gasteiger partial charge in [-0.3, -0.25) is 4.79 Å². The largest absolute Gasteiger partial charge is 0.479 e. The summed E-state index contributed by atoms with van der Waals surface area (Å²) in [6, 6.07) is 5.27.